The topological polar surface area (TPSA) is 48.0 Å². The molecule has 0 saturated heterocycles. The van der Waals surface area contributed by atoms with Crippen molar-refractivity contribution in [3.63, 3.8) is 0 Å². The fraction of sp³-hybridized carbons (Fsp3) is 0.316. The molecule has 25 heavy (non-hydrogen) atoms. The summed E-state index contributed by atoms with van der Waals surface area (Å²) in [5.41, 5.74) is 1.38. The van der Waals surface area contributed by atoms with Crippen molar-refractivity contribution in [1.82, 2.24) is 4.90 Å². The quantitative estimate of drug-likeness (QED) is 0.745. The first-order valence-electron chi connectivity index (χ1n) is 7.87. The molecule has 0 aliphatic carbocycles. The molecule has 0 spiro atoms. The van der Waals surface area contributed by atoms with Crippen molar-refractivity contribution in [3.8, 4) is 17.2 Å². The zero-order chi connectivity index (χ0) is 18.4. The van der Waals surface area contributed by atoms with Gasteiger partial charge in [0, 0.05) is 30.2 Å². The molecule has 5 nitrogen and oxygen atoms in total. The van der Waals surface area contributed by atoms with Crippen molar-refractivity contribution in [1.29, 1.82) is 0 Å². The van der Waals surface area contributed by atoms with Gasteiger partial charge in [0.15, 0.2) is 11.5 Å². The second-order valence-corrected chi connectivity index (χ2v) is 5.79. The maximum atomic E-state index is 13.0. The Labute approximate surface area is 153 Å². The SMILES string of the molecule is CCN(Cc1cccc(Cl)c1)C(=O)c1cc(OC)c(OC)cc1OC. The van der Waals surface area contributed by atoms with Crippen molar-refractivity contribution in [2.75, 3.05) is 27.9 Å². The number of carbonyl (C=O) groups excluding carboxylic acids is 1. The lowest BCUT2D eigenvalue weighted by Crippen LogP contribution is -2.30. The van der Waals surface area contributed by atoms with Gasteiger partial charge in [-0.2, -0.15) is 0 Å². The van der Waals surface area contributed by atoms with Gasteiger partial charge in [0.1, 0.15) is 5.75 Å². The van der Waals surface area contributed by atoms with Gasteiger partial charge in [-0.15, -0.1) is 0 Å². The Bertz CT molecular complexity index is 748. The number of ether oxygens (including phenoxy) is 3. The average Bonchev–Trinajstić information content (AvgIpc) is 2.64. The van der Waals surface area contributed by atoms with E-state index in [1.807, 2.05) is 25.1 Å². The van der Waals surface area contributed by atoms with E-state index in [4.69, 9.17) is 25.8 Å². The number of hydrogen-bond acceptors (Lipinski definition) is 4. The number of rotatable bonds is 7. The van der Waals surface area contributed by atoms with E-state index in [1.54, 1.807) is 23.1 Å². The van der Waals surface area contributed by atoms with Crippen LogP contribution in [-0.4, -0.2) is 38.7 Å². The minimum atomic E-state index is -0.153. The van der Waals surface area contributed by atoms with E-state index in [9.17, 15) is 4.79 Å². The number of nitrogens with zero attached hydrogens (tertiary/aromatic N) is 1. The van der Waals surface area contributed by atoms with Gasteiger partial charge in [0.05, 0.1) is 26.9 Å². The van der Waals surface area contributed by atoms with Crippen molar-refractivity contribution in [2.24, 2.45) is 0 Å². The molecule has 0 bridgehead atoms. The largest absolute Gasteiger partial charge is 0.496 e. The summed E-state index contributed by atoms with van der Waals surface area (Å²) in [6, 6.07) is 10.8. The van der Waals surface area contributed by atoms with Crippen LogP contribution >= 0.6 is 11.6 Å². The first kappa shape index (κ1) is 18.9. The number of carbonyl (C=O) groups is 1. The Morgan fingerprint density at radius 2 is 1.64 bits per heavy atom. The first-order chi connectivity index (χ1) is 12.0. The van der Waals surface area contributed by atoms with E-state index in [2.05, 4.69) is 0 Å². The third-order valence-electron chi connectivity index (χ3n) is 3.87. The van der Waals surface area contributed by atoms with Gasteiger partial charge in [-0.3, -0.25) is 4.79 Å². The molecule has 134 valence electrons. The molecule has 2 aromatic carbocycles. The third-order valence-corrected chi connectivity index (χ3v) is 4.10. The molecular formula is C19H22ClNO4. The Morgan fingerprint density at radius 1 is 1.00 bits per heavy atom. The van der Waals surface area contributed by atoms with Crippen LogP contribution in [0.2, 0.25) is 5.02 Å². The van der Waals surface area contributed by atoms with E-state index in [0.29, 0.717) is 40.9 Å². The summed E-state index contributed by atoms with van der Waals surface area (Å²) in [6.07, 6.45) is 0. The van der Waals surface area contributed by atoms with Gasteiger partial charge in [-0.25, -0.2) is 0 Å². The van der Waals surface area contributed by atoms with Crippen LogP contribution in [0.1, 0.15) is 22.8 Å². The molecule has 0 aliphatic heterocycles. The van der Waals surface area contributed by atoms with Crippen LogP contribution in [0.25, 0.3) is 0 Å². The Kier molecular flexibility index (Phi) is 6.53. The Balaban J connectivity index is 2.36. The molecule has 2 aromatic rings. The third kappa shape index (κ3) is 4.37. The van der Waals surface area contributed by atoms with Crippen molar-refractivity contribution in [3.05, 3.63) is 52.5 Å². The molecule has 0 aliphatic rings. The van der Waals surface area contributed by atoms with Crippen LogP contribution in [-0.2, 0) is 6.54 Å². The van der Waals surface area contributed by atoms with Crippen molar-refractivity contribution >= 4 is 17.5 Å². The molecule has 0 aromatic heterocycles. The highest BCUT2D eigenvalue weighted by molar-refractivity contribution is 6.30. The molecule has 2 rings (SSSR count). The van der Waals surface area contributed by atoms with E-state index < -0.39 is 0 Å². The monoisotopic (exact) mass is 363 g/mol. The minimum absolute atomic E-state index is 0.153. The summed E-state index contributed by atoms with van der Waals surface area (Å²) >= 11 is 6.03. The summed E-state index contributed by atoms with van der Waals surface area (Å²) in [5, 5.41) is 0.643. The van der Waals surface area contributed by atoms with Gasteiger partial charge in [-0.1, -0.05) is 23.7 Å². The van der Waals surface area contributed by atoms with E-state index in [0.717, 1.165) is 5.56 Å². The van der Waals surface area contributed by atoms with E-state index in [-0.39, 0.29) is 5.91 Å². The zero-order valence-electron chi connectivity index (χ0n) is 14.8. The van der Waals surface area contributed by atoms with E-state index >= 15 is 0 Å². The van der Waals surface area contributed by atoms with Crippen molar-refractivity contribution in [2.45, 2.75) is 13.5 Å². The van der Waals surface area contributed by atoms with E-state index in [1.165, 1.54) is 21.3 Å². The molecular weight excluding hydrogens is 342 g/mol. The van der Waals surface area contributed by atoms with Gasteiger partial charge in [0.25, 0.3) is 5.91 Å². The van der Waals surface area contributed by atoms with Crippen LogP contribution < -0.4 is 14.2 Å². The Morgan fingerprint density at radius 3 is 2.20 bits per heavy atom. The predicted molar refractivity (Wildman–Crippen MR) is 98.0 cm³/mol. The molecule has 0 radical (unpaired) electrons. The molecule has 0 heterocycles. The lowest BCUT2D eigenvalue weighted by Gasteiger charge is -2.23. The minimum Gasteiger partial charge on any atom is -0.496 e. The van der Waals surface area contributed by atoms with Crippen LogP contribution in [0.5, 0.6) is 17.2 Å². The predicted octanol–water partition coefficient (Wildman–Crippen LogP) is 4.03. The fourth-order valence-electron chi connectivity index (χ4n) is 2.55. The Hall–Kier alpha value is -2.40. The normalized spacial score (nSPS) is 10.3. The lowest BCUT2D eigenvalue weighted by atomic mass is 10.1. The summed E-state index contributed by atoms with van der Waals surface area (Å²) in [6.45, 7) is 2.92. The number of halogens is 1. The van der Waals surface area contributed by atoms with Crippen LogP contribution in [0, 0.1) is 0 Å². The highest BCUT2D eigenvalue weighted by Crippen LogP contribution is 2.35. The number of amides is 1. The van der Waals surface area contributed by atoms with Gasteiger partial charge in [-0.05, 0) is 24.6 Å². The lowest BCUT2D eigenvalue weighted by molar-refractivity contribution is 0.0748. The zero-order valence-corrected chi connectivity index (χ0v) is 15.6. The maximum absolute atomic E-state index is 13.0. The van der Waals surface area contributed by atoms with Gasteiger partial charge < -0.3 is 19.1 Å². The molecule has 1 amide bonds. The second-order valence-electron chi connectivity index (χ2n) is 5.36. The summed E-state index contributed by atoms with van der Waals surface area (Å²) in [4.78, 5) is 14.7. The first-order valence-corrected chi connectivity index (χ1v) is 8.25. The standard InChI is InChI=1S/C19H22ClNO4/c1-5-21(12-13-7-6-8-14(20)9-13)19(22)15-10-17(24-3)18(25-4)11-16(15)23-2/h6-11H,5,12H2,1-4H3. The highest BCUT2D eigenvalue weighted by Gasteiger charge is 2.22. The summed E-state index contributed by atoms with van der Waals surface area (Å²) in [5.74, 6) is 1.27. The second kappa shape index (κ2) is 8.62. The molecule has 0 saturated carbocycles. The molecule has 0 unspecified atom stereocenters. The number of benzene rings is 2. The summed E-state index contributed by atoms with van der Waals surface area (Å²) < 4.78 is 15.9. The average molecular weight is 364 g/mol. The van der Waals surface area contributed by atoms with Crippen LogP contribution in [0.4, 0.5) is 0 Å². The summed E-state index contributed by atoms with van der Waals surface area (Å²) in [7, 11) is 4.59. The van der Waals surface area contributed by atoms with Crippen LogP contribution in [0.15, 0.2) is 36.4 Å². The van der Waals surface area contributed by atoms with Gasteiger partial charge >= 0.3 is 0 Å². The maximum Gasteiger partial charge on any atom is 0.258 e. The molecule has 0 fully saturated rings. The van der Waals surface area contributed by atoms with Crippen molar-refractivity contribution < 1.29 is 19.0 Å². The molecule has 6 heteroatoms. The highest BCUT2D eigenvalue weighted by atomic mass is 35.5. The van der Waals surface area contributed by atoms with Crippen LogP contribution in [0.3, 0.4) is 0 Å². The van der Waals surface area contributed by atoms with Gasteiger partial charge in [0.2, 0.25) is 0 Å². The molecule has 0 N–H and O–H groups in total. The smallest absolute Gasteiger partial charge is 0.258 e. The number of methoxy groups -OCH3 is 3. The molecule has 0 atom stereocenters. The number of hydrogen-bond donors (Lipinski definition) is 0. The fourth-order valence-corrected chi connectivity index (χ4v) is 2.76.